The molecule has 0 spiro atoms. The zero-order chi connectivity index (χ0) is 9.71. The number of nitrogen functional groups attached to an aromatic ring is 1. The van der Waals surface area contributed by atoms with Crippen LogP contribution in [-0.2, 0) is 0 Å². The Hall–Kier alpha value is -1.69. The van der Waals surface area contributed by atoms with Gasteiger partial charge in [0.15, 0.2) is 16.4 Å². The summed E-state index contributed by atoms with van der Waals surface area (Å²) < 4.78 is 1.98. The van der Waals surface area contributed by atoms with E-state index in [0.29, 0.717) is 11.5 Å². The van der Waals surface area contributed by atoms with Crippen LogP contribution in [0.4, 0.5) is 5.82 Å². The highest BCUT2D eigenvalue weighted by Gasteiger charge is 2.11. The maximum Gasteiger partial charge on any atom is 0.196 e. The maximum absolute atomic E-state index is 5.79. The summed E-state index contributed by atoms with van der Waals surface area (Å²) in [7, 11) is 0. The van der Waals surface area contributed by atoms with Gasteiger partial charge >= 0.3 is 0 Å². The third kappa shape index (κ3) is 0.805. The van der Waals surface area contributed by atoms with Crippen molar-refractivity contribution in [1.82, 2.24) is 19.4 Å². The van der Waals surface area contributed by atoms with Crippen molar-refractivity contribution < 1.29 is 0 Å². The largest absolute Gasteiger partial charge is 0.382 e. The van der Waals surface area contributed by atoms with Crippen molar-refractivity contribution in [1.29, 1.82) is 0 Å². The molecule has 0 aliphatic heterocycles. The smallest absolute Gasteiger partial charge is 0.196 e. The van der Waals surface area contributed by atoms with Crippen molar-refractivity contribution in [3.63, 3.8) is 0 Å². The van der Waals surface area contributed by atoms with Crippen molar-refractivity contribution in [2.24, 2.45) is 0 Å². The molecule has 3 aromatic rings. The molecule has 0 radical (unpaired) electrons. The summed E-state index contributed by atoms with van der Waals surface area (Å²) in [6.07, 6.45) is 1.43. The summed E-state index contributed by atoms with van der Waals surface area (Å²) in [5, 5.41) is 2.04. The molecule has 0 fully saturated rings. The molecule has 0 bridgehead atoms. The molecular formula is C8H7N5S. The molecular weight excluding hydrogens is 198 g/mol. The molecule has 0 aliphatic rings. The van der Waals surface area contributed by atoms with E-state index in [1.807, 2.05) is 16.7 Å². The summed E-state index contributed by atoms with van der Waals surface area (Å²) in [4.78, 5) is 13.3. The van der Waals surface area contributed by atoms with Crippen molar-refractivity contribution in [3.05, 3.63) is 17.4 Å². The molecule has 0 saturated carbocycles. The van der Waals surface area contributed by atoms with Gasteiger partial charge in [-0.2, -0.15) is 4.98 Å². The van der Waals surface area contributed by atoms with Crippen LogP contribution >= 0.6 is 11.3 Å². The predicted octanol–water partition coefficient (Wildman–Crippen LogP) is 1.23. The van der Waals surface area contributed by atoms with Crippen LogP contribution in [0.1, 0.15) is 5.69 Å². The lowest BCUT2D eigenvalue weighted by atomic mass is 10.4. The number of aryl methyl sites for hydroxylation is 1. The second kappa shape index (κ2) is 2.42. The number of fused-ring (bicyclic) bond motifs is 3. The molecule has 0 aliphatic carbocycles. The quantitative estimate of drug-likeness (QED) is 0.599. The standard InChI is InChI=1S/C8H7N5S/c1-4-2-14-8-12-7-5(13(4)8)6(9)10-3-11-7/h2-3H,1H3,(H2,9,10,11). The van der Waals surface area contributed by atoms with Gasteiger partial charge in [-0.05, 0) is 6.92 Å². The fourth-order valence-electron chi connectivity index (χ4n) is 1.51. The second-order valence-corrected chi connectivity index (χ2v) is 3.87. The van der Waals surface area contributed by atoms with Crippen molar-refractivity contribution in [2.75, 3.05) is 5.73 Å². The Morgan fingerprint density at radius 2 is 2.29 bits per heavy atom. The molecule has 70 valence electrons. The van der Waals surface area contributed by atoms with Gasteiger partial charge < -0.3 is 5.73 Å². The van der Waals surface area contributed by atoms with Gasteiger partial charge in [0.1, 0.15) is 11.8 Å². The normalized spacial score (nSPS) is 11.5. The predicted molar refractivity (Wildman–Crippen MR) is 55.3 cm³/mol. The van der Waals surface area contributed by atoms with Crippen LogP contribution in [0.25, 0.3) is 16.1 Å². The van der Waals surface area contributed by atoms with Crippen LogP contribution in [0, 0.1) is 6.92 Å². The fourth-order valence-corrected chi connectivity index (χ4v) is 2.37. The minimum atomic E-state index is 0.476. The van der Waals surface area contributed by atoms with Gasteiger partial charge in [-0.15, -0.1) is 11.3 Å². The van der Waals surface area contributed by atoms with E-state index in [0.717, 1.165) is 16.2 Å². The number of hydrogen-bond donors (Lipinski definition) is 1. The Kier molecular flexibility index (Phi) is 1.33. The number of hydrogen-bond acceptors (Lipinski definition) is 5. The highest BCUT2D eigenvalue weighted by molar-refractivity contribution is 7.15. The number of rotatable bonds is 0. The molecule has 3 heterocycles. The van der Waals surface area contributed by atoms with E-state index in [-0.39, 0.29) is 0 Å². The lowest BCUT2D eigenvalue weighted by Gasteiger charge is -1.95. The Bertz CT molecular complexity index is 623. The highest BCUT2D eigenvalue weighted by Crippen LogP contribution is 2.24. The molecule has 0 atom stereocenters. The SMILES string of the molecule is Cc1csc2nc3ncnc(N)c3n12. The van der Waals surface area contributed by atoms with Crippen LogP contribution in [0.15, 0.2) is 11.7 Å². The average Bonchev–Trinajstić information content (AvgIpc) is 2.67. The van der Waals surface area contributed by atoms with E-state index >= 15 is 0 Å². The third-order valence-corrected chi connectivity index (χ3v) is 3.08. The van der Waals surface area contributed by atoms with Gasteiger partial charge in [0.25, 0.3) is 0 Å². The monoisotopic (exact) mass is 205 g/mol. The second-order valence-electron chi connectivity index (χ2n) is 3.04. The first-order valence-corrected chi connectivity index (χ1v) is 4.98. The molecule has 5 nitrogen and oxygen atoms in total. The summed E-state index contributed by atoms with van der Waals surface area (Å²) in [6, 6.07) is 0. The number of nitrogens with zero attached hydrogens (tertiary/aromatic N) is 4. The van der Waals surface area contributed by atoms with Gasteiger partial charge in [-0.3, -0.25) is 4.40 Å². The Labute approximate surface area is 83.2 Å². The van der Waals surface area contributed by atoms with Gasteiger partial charge in [-0.1, -0.05) is 0 Å². The molecule has 0 amide bonds. The van der Waals surface area contributed by atoms with E-state index in [4.69, 9.17) is 5.73 Å². The molecule has 6 heteroatoms. The van der Waals surface area contributed by atoms with Crippen LogP contribution in [0.2, 0.25) is 0 Å². The number of imidazole rings is 1. The van der Waals surface area contributed by atoms with E-state index in [1.54, 1.807) is 11.3 Å². The Morgan fingerprint density at radius 3 is 3.14 bits per heavy atom. The van der Waals surface area contributed by atoms with Gasteiger partial charge in [-0.25, -0.2) is 9.97 Å². The maximum atomic E-state index is 5.79. The van der Waals surface area contributed by atoms with Crippen LogP contribution in [0.5, 0.6) is 0 Å². The lowest BCUT2D eigenvalue weighted by molar-refractivity contribution is 1.15. The first-order valence-electron chi connectivity index (χ1n) is 4.10. The van der Waals surface area contributed by atoms with E-state index in [2.05, 4.69) is 15.0 Å². The molecule has 0 saturated heterocycles. The fraction of sp³-hybridized carbons (Fsp3) is 0.125. The third-order valence-electron chi connectivity index (χ3n) is 2.14. The number of aromatic nitrogens is 4. The number of thiazole rings is 1. The molecule has 0 unspecified atom stereocenters. The van der Waals surface area contributed by atoms with E-state index in [1.165, 1.54) is 6.33 Å². The summed E-state index contributed by atoms with van der Waals surface area (Å²) in [6.45, 7) is 2.01. The average molecular weight is 205 g/mol. The van der Waals surface area contributed by atoms with Gasteiger partial charge in [0, 0.05) is 11.1 Å². The first kappa shape index (κ1) is 7.69. The molecule has 3 aromatic heterocycles. The van der Waals surface area contributed by atoms with Gasteiger partial charge in [0.2, 0.25) is 0 Å². The van der Waals surface area contributed by atoms with Crippen LogP contribution < -0.4 is 5.73 Å². The van der Waals surface area contributed by atoms with Crippen LogP contribution in [0.3, 0.4) is 0 Å². The summed E-state index contributed by atoms with van der Waals surface area (Å²) >= 11 is 1.58. The Morgan fingerprint density at radius 1 is 1.43 bits per heavy atom. The topological polar surface area (TPSA) is 69.1 Å². The Balaban J connectivity index is 2.68. The van der Waals surface area contributed by atoms with Gasteiger partial charge in [0.05, 0.1) is 0 Å². The number of anilines is 1. The molecule has 3 rings (SSSR count). The van der Waals surface area contributed by atoms with Crippen LogP contribution in [-0.4, -0.2) is 19.4 Å². The zero-order valence-electron chi connectivity index (χ0n) is 7.43. The van der Waals surface area contributed by atoms with Crippen molar-refractivity contribution in [2.45, 2.75) is 6.92 Å². The molecule has 0 aromatic carbocycles. The highest BCUT2D eigenvalue weighted by atomic mass is 32.1. The molecule has 14 heavy (non-hydrogen) atoms. The van der Waals surface area contributed by atoms with E-state index < -0.39 is 0 Å². The van der Waals surface area contributed by atoms with E-state index in [9.17, 15) is 0 Å². The minimum absolute atomic E-state index is 0.476. The first-order chi connectivity index (χ1) is 6.77. The van der Waals surface area contributed by atoms with Crippen molar-refractivity contribution in [3.8, 4) is 0 Å². The van der Waals surface area contributed by atoms with Crippen molar-refractivity contribution >= 4 is 33.3 Å². The summed E-state index contributed by atoms with van der Waals surface area (Å²) in [5.41, 5.74) is 8.36. The summed E-state index contributed by atoms with van der Waals surface area (Å²) in [5.74, 6) is 0.476. The molecule has 2 N–H and O–H groups in total. The lowest BCUT2D eigenvalue weighted by Crippen LogP contribution is -1.95. The zero-order valence-corrected chi connectivity index (χ0v) is 8.25. The minimum Gasteiger partial charge on any atom is -0.382 e. The number of nitrogens with two attached hydrogens (primary N) is 1.